The molecule has 0 amide bonds. The van der Waals surface area contributed by atoms with Gasteiger partial charge in [-0.05, 0) is 19.2 Å². The molecule has 0 aliphatic carbocycles. The van der Waals surface area contributed by atoms with E-state index in [1.165, 1.54) is 7.05 Å². The van der Waals surface area contributed by atoms with Crippen LogP contribution in [0, 0.1) is 0 Å². The molecule has 5 nitrogen and oxygen atoms in total. The summed E-state index contributed by atoms with van der Waals surface area (Å²) in [6.45, 7) is 4.00. The van der Waals surface area contributed by atoms with Crippen LogP contribution in [0.3, 0.4) is 0 Å². The highest BCUT2D eigenvalue weighted by molar-refractivity contribution is 5.76. The van der Waals surface area contributed by atoms with Gasteiger partial charge >= 0.3 is 0 Å². The third-order valence-electron chi connectivity index (χ3n) is 2.31. The van der Waals surface area contributed by atoms with E-state index in [2.05, 4.69) is 20.7 Å². The van der Waals surface area contributed by atoms with Crippen molar-refractivity contribution in [1.82, 2.24) is 15.0 Å². The Balaban J connectivity index is 0.000000510. The third kappa shape index (κ3) is 4.50. The number of hydrogen-bond acceptors (Lipinski definition) is 5. The van der Waals surface area contributed by atoms with Gasteiger partial charge in [-0.25, -0.2) is 15.0 Å². The van der Waals surface area contributed by atoms with Gasteiger partial charge in [0, 0.05) is 24.7 Å². The van der Waals surface area contributed by atoms with Crippen molar-refractivity contribution < 1.29 is 4.74 Å². The smallest absolute Gasteiger partial charge is 0.182 e. The first-order valence-electron chi connectivity index (χ1n) is 6.80. The Bertz CT molecular complexity index is 639. The van der Waals surface area contributed by atoms with Gasteiger partial charge in [0.15, 0.2) is 16.9 Å². The second-order valence-corrected chi connectivity index (χ2v) is 3.45. The third-order valence-corrected chi connectivity index (χ3v) is 2.31. The van der Waals surface area contributed by atoms with Crippen LogP contribution >= 0.6 is 0 Å². The molecule has 2 heterocycles. The van der Waals surface area contributed by atoms with Gasteiger partial charge in [-0.3, -0.25) is 0 Å². The van der Waals surface area contributed by atoms with E-state index >= 15 is 0 Å². The molecule has 0 atom stereocenters. The van der Waals surface area contributed by atoms with E-state index in [0.717, 1.165) is 5.75 Å². The zero-order valence-corrected chi connectivity index (χ0v) is 12.5. The Morgan fingerprint density at radius 1 is 0.810 bits per heavy atom. The lowest BCUT2D eigenvalue weighted by Gasteiger charge is -2.06. The Hall–Kier alpha value is -2.53. The predicted octanol–water partition coefficient (Wildman–Crippen LogP) is 3.42. The first-order valence-corrected chi connectivity index (χ1v) is 6.80. The summed E-state index contributed by atoms with van der Waals surface area (Å²) in [4.78, 5) is 12.5. The lowest BCUT2D eigenvalue weighted by molar-refractivity contribution is 0.486. The molecule has 2 N–H and O–H groups in total. The molecule has 2 aromatic heterocycles. The molecule has 21 heavy (non-hydrogen) atoms. The highest BCUT2D eigenvalue weighted by Gasteiger charge is 2.05. The molecule has 0 aliphatic rings. The molecule has 3 aromatic rings. The Kier molecular flexibility index (Phi) is 7.39. The minimum Gasteiger partial charge on any atom is -0.455 e. The second-order valence-electron chi connectivity index (χ2n) is 3.45. The molecule has 0 fully saturated rings. The maximum Gasteiger partial charge on any atom is 0.182 e. The van der Waals surface area contributed by atoms with Gasteiger partial charge in [-0.2, -0.15) is 0 Å². The van der Waals surface area contributed by atoms with Crippen LogP contribution in [0.15, 0.2) is 55.0 Å². The number of benzene rings is 1. The number of para-hydroxylation sites is 1. The van der Waals surface area contributed by atoms with Gasteiger partial charge in [-0.15, -0.1) is 0 Å². The second kappa shape index (κ2) is 9.39. The predicted molar refractivity (Wildman–Crippen MR) is 85.3 cm³/mol. The zero-order valence-electron chi connectivity index (χ0n) is 12.5. The van der Waals surface area contributed by atoms with Gasteiger partial charge < -0.3 is 10.5 Å². The van der Waals surface area contributed by atoms with Crippen LogP contribution in [0.2, 0.25) is 0 Å². The number of nitrogens with zero attached hydrogens (tertiary/aromatic N) is 3. The van der Waals surface area contributed by atoms with Crippen molar-refractivity contribution >= 4 is 11.2 Å². The largest absolute Gasteiger partial charge is 0.455 e. The molecule has 3 rings (SSSR count). The number of rotatable bonds is 2. The average Bonchev–Trinajstić information content (AvgIpc) is 2.60. The van der Waals surface area contributed by atoms with E-state index in [9.17, 15) is 0 Å². The fraction of sp³-hybridized carbons (Fsp3) is 0.188. The lowest BCUT2D eigenvalue weighted by atomic mass is 10.3. The molecule has 0 radical (unpaired) electrons. The summed E-state index contributed by atoms with van der Waals surface area (Å²) in [5.41, 5.74) is 5.75. The van der Waals surface area contributed by atoms with Crippen LogP contribution in [-0.2, 0) is 0 Å². The number of pyridine rings is 1. The number of ether oxygens (including phenoxy) is 1. The minimum absolute atomic E-state index is 0.584. The summed E-state index contributed by atoms with van der Waals surface area (Å²) in [7, 11) is 1.50. The molecule has 0 spiro atoms. The van der Waals surface area contributed by atoms with Gasteiger partial charge in [0.25, 0.3) is 0 Å². The minimum atomic E-state index is 0.584. The highest BCUT2D eigenvalue weighted by atomic mass is 16.5. The maximum absolute atomic E-state index is 5.75. The highest BCUT2D eigenvalue weighted by Crippen LogP contribution is 2.25. The molecule has 110 valence electrons. The summed E-state index contributed by atoms with van der Waals surface area (Å²) >= 11 is 0. The van der Waals surface area contributed by atoms with Crippen LogP contribution in [-0.4, -0.2) is 22.0 Å². The fourth-order valence-electron chi connectivity index (χ4n) is 1.55. The van der Waals surface area contributed by atoms with E-state index in [1.54, 1.807) is 24.7 Å². The van der Waals surface area contributed by atoms with Gasteiger partial charge in [0.1, 0.15) is 5.75 Å². The van der Waals surface area contributed by atoms with Crippen LogP contribution in [0.1, 0.15) is 13.8 Å². The lowest BCUT2D eigenvalue weighted by Crippen LogP contribution is -1.91. The fourth-order valence-corrected chi connectivity index (χ4v) is 1.55. The zero-order chi connectivity index (χ0) is 15.5. The number of nitrogens with two attached hydrogens (primary N) is 1. The van der Waals surface area contributed by atoms with Crippen molar-refractivity contribution in [2.75, 3.05) is 7.05 Å². The van der Waals surface area contributed by atoms with Crippen molar-refractivity contribution in [2.45, 2.75) is 13.8 Å². The Labute approximate surface area is 124 Å². The monoisotopic (exact) mass is 284 g/mol. The summed E-state index contributed by atoms with van der Waals surface area (Å²) < 4.78 is 5.75. The standard InChI is InChI=1S/C13H9N3O.C2H6.CH5N/c1-2-4-10(5-3-1)17-11-6-7-15-13-12(11)14-8-9-16-13;2*1-2/h1-9H;1-2H3;2H2,1H3. The SMILES string of the molecule is CC.CN.c1ccc(Oc2ccnc3nccnc23)cc1. The summed E-state index contributed by atoms with van der Waals surface area (Å²) in [6.07, 6.45) is 4.90. The van der Waals surface area contributed by atoms with Crippen LogP contribution in [0.25, 0.3) is 11.2 Å². The van der Waals surface area contributed by atoms with E-state index < -0.39 is 0 Å². The summed E-state index contributed by atoms with van der Waals surface area (Å²) in [6, 6.07) is 11.3. The van der Waals surface area contributed by atoms with Crippen molar-refractivity contribution in [3.05, 3.63) is 55.0 Å². The van der Waals surface area contributed by atoms with E-state index in [0.29, 0.717) is 16.9 Å². The van der Waals surface area contributed by atoms with E-state index in [1.807, 2.05) is 44.2 Å². The van der Waals surface area contributed by atoms with Crippen molar-refractivity contribution in [1.29, 1.82) is 0 Å². The number of fused-ring (bicyclic) bond motifs is 1. The molecule has 0 bridgehead atoms. The van der Waals surface area contributed by atoms with Crippen molar-refractivity contribution in [3.63, 3.8) is 0 Å². The van der Waals surface area contributed by atoms with Crippen LogP contribution < -0.4 is 10.5 Å². The molecular formula is C16H20N4O. The Morgan fingerprint density at radius 2 is 1.43 bits per heavy atom. The molecule has 5 heteroatoms. The van der Waals surface area contributed by atoms with E-state index in [4.69, 9.17) is 4.74 Å². The molecule has 0 saturated heterocycles. The first kappa shape index (κ1) is 16.5. The molecule has 0 saturated carbocycles. The summed E-state index contributed by atoms with van der Waals surface area (Å²) in [5.74, 6) is 1.43. The molecular weight excluding hydrogens is 264 g/mol. The average molecular weight is 284 g/mol. The number of hydrogen-bond donors (Lipinski definition) is 1. The van der Waals surface area contributed by atoms with E-state index in [-0.39, 0.29) is 0 Å². The molecule has 0 aliphatic heterocycles. The topological polar surface area (TPSA) is 73.9 Å². The van der Waals surface area contributed by atoms with Crippen molar-refractivity contribution in [2.24, 2.45) is 5.73 Å². The van der Waals surface area contributed by atoms with Gasteiger partial charge in [0.2, 0.25) is 0 Å². The van der Waals surface area contributed by atoms with Crippen LogP contribution in [0.5, 0.6) is 11.5 Å². The van der Waals surface area contributed by atoms with Crippen molar-refractivity contribution in [3.8, 4) is 11.5 Å². The maximum atomic E-state index is 5.75. The molecule has 0 unspecified atom stereocenters. The normalized spacial score (nSPS) is 8.95. The number of aromatic nitrogens is 3. The molecule has 1 aromatic carbocycles. The summed E-state index contributed by atoms with van der Waals surface area (Å²) in [5, 5.41) is 0. The van der Waals surface area contributed by atoms with Gasteiger partial charge in [-0.1, -0.05) is 32.0 Å². The Morgan fingerprint density at radius 3 is 2.14 bits per heavy atom. The van der Waals surface area contributed by atoms with Crippen LogP contribution in [0.4, 0.5) is 0 Å². The first-order chi connectivity index (χ1) is 10.4. The van der Waals surface area contributed by atoms with Gasteiger partial charge in [0.05, 0.1) is 0 Å². The quantitative estimate of drug-likeness (QED) is 0.780.